The molecule has 7 unspecified atom stereocenters. The SMILES string of the molecule is CC(C)(C)OC(=O)CCCC1CCC2C3CCC4CCCCC4(C)C3CCC12C. The molecule has 4 aliphatic rings. The van der Waals surface area contributed by atoms with Crippen molar-refractivity contribution in [3.8, 4) is 0 Å². The van der Waals surface area contributed by atoms with E-state index in [1.54, 1.807) is 0 Å². The number of ether oxygens (including phenoxy) is 1. The average molecular weight is 403 g/mol. The summed E-state index contributed by atoms with van der Waals surface area (Å²) in [4.78, 5) is 12.1. The highest BCUT2D eigenvalue weighted by Crippen LogP contribution is 2.67. The van der Waals surface area contributed by atoms with E-state index >= 15 is 0 Å². The molecule has 0 amide bonds. The second-order valence-corrected chi connectivity index (χ2v) is 12.7. The van der Waals surface area contributed by atoms with Gasteiger partial charge in [0.05, 0.1) is 0 Å². The second kappa shape index (κ2) is 7.86. The Hall–Kier alpha value is -0.530. The van der Waals surface area contributed by atoms with E-state index < -0.39 is 0 Å². The molecule has 7 atom stereocenters. The van der Waals surface area contributed by atoms with Gasteiger partial charge < -0.3 is 4.74 Å². The van der Waals surface area contributed by atoms with Crippen molar-refractivity contribution in [3.63, 3.8) is 0 Å². The van der Waals surface area contributed by atoms with Crippen LogP contribution in [0.5, 0.6) is 0 Å². The first-order chi connectivity index (χ1) is 13.6. The minimum absolute atomic E-state index is 0.00977. The van der Waals surface area contributed by atoms with Crippen LogP contribution < -0.4 is 0 Å². The van der Waals surface area contributed by atoms with Crippen LogP contribution in [0.3, 0.4) is 0 Å². The zero-order valence-corrected chi connectivity index (χ0v) is 19.9. The topological polar surface area (TPSA) is 26.3 Å². The Bertz CT molecular complexity index is 604. The Morgan fingerprint density at radius 1 is 0.897 bits per heavy atom. The Morgan fingerprint density at radius 3 is 2.41 bits per heavy atom. The molecule has 29 heavy (non-hydrogen) atoms. The van der Waals surface area contributed by atoms with E-state index in [0.717, 1.165) is 36.0 Å². The molecule has 0 N–H and O–H groups in total. The number of carbonyl (C=O) groups excluding carboxylic acids is 1. The van der Waals surface area contributed by atoms with Crippen LogP contribution in [0.2, 0.25) is 0 Å². The molecule has 4 saturated carbocycles. The monoisotopic (exact) mass is 402 g/mol. The number of hydrogen-bond acceptors (Lipinski definition) is 2. The van der Waals surface area contributed by atoms with Gasteiger partial charge in [0.2, 0.25) is 0 Å². The normalized spacial score (nSPS) is 44.5. The average Bonchev–Trinajstić information content (AvgIpc) is 2.96. The van der Waals surface area contributed by atoms with E-state index in [1.807, 2.05) is 20.8 Å². The maximum atomic E-state index is 12.1. The fourth-order valence-electron chi connectivity index (χ4n) is 8.76. The third-order valence-corrected chi connectivity index (χ3v) is 10.1. The number of rotatable bonds is 4. The molecule has 0 aromatic rings. The second-order valence-electron chi connectivity index (χ2n) is 12.7. The molecular formula is C27H46O2. The first-order valence-electron chi connectivity index (χ1n) is 12.9. The van der Waals surface area contributed by atoms with Gasteiger partial charge in [0.1, 0.15) is 5.60 Å². The first-order valence-corrected chi connectivity index (χ1v) is 12.9. The van der Waals surface area contributed by atoms with Crippen molar-refractivity contribution in [2.45, 2.75) is 124 Å². The molecule has 166 valence electrons. The van der Waals surface area contributed by atoms with Gasteiger partial charge in [-0.15, -0.1) is 0 Å². The molecule has 0 aromatic heterocycles. The predicted molar refractivity (Wildman–Crippen MR) is 120 cm³/mol. The molecule has 0 radical (unpaired) electrons. The summed E-state index contributed by atoms with van der Waals surface area (Å²) in [5, 5.41) is 0. The molecular weight excluding hydrogens is 356 g/mol. The zero-order chi connectivity index (χ0) is 20.9. The van der Waals surface area contributed by atoms with Crippen LogP contribution in [0.15, 0.2) is 0 Å². The lowest BCUT2D eigenvalue weighted by molar-refractivity contribution is -0.155. The highest BCUT2D eigenvalue weighted by Gasteiger charge is 2.59. The Balaban J connectivity index is 1.37. The summed E-state index contributed by atoms with van der Waals surface area (Å²) in [6, 6.07) is 0. The Kier molecular flexibility index (Phi) is 5.88. The van der Waals surface area contributed by atoms with Gasteiger partial charge in [-0.05, 0) is 125 Å². The minimum atomic E-state index is -0.353. The molecule has 0 spiro atoms. The Morgan fingerprint density at radius 2 is 1.66 bits per heavy atom. The van der Waals surface area contributed by atoms with Crippen molar-refractivity contribution in [2.24, 2.45) is 40.4 Å². The predicted octanol–water partition coefficient (Wildman–Crippen LogP) is 7.55. The minimum Gasteiger partial charge on any atom is -0.460 e. The van der Waals surface area contributed by atoms with E-state index in [9.17, 15) is 4.79 Å². The van der Waals surface area contributed by atoms with Crippen molar-refractivity contribution in [3.05, 3.63) is 0 Å². The van der Waals surface area contributed by atoms with Crippen LogP contribution in [0.4, 0.5) is 0 Å². The van der Waals surface area contributed by atoms with Gasteiger partial charge in [-0.25, -0.2) is 0 Å². The van der Waals surface area contributed by atoms with E-state index in [2.05, 4.69) is 13.8 Å². The van der Waals surface area contributed by atoms with E-state index in [4.69, 9.17) is 4.74 Å². The van der Waals surface area contributed by atoms with E-state index in [1.165, 1.54) is 70.6 Å². The lowest BCUT2D eigenvalue weighted by Crippen LogP contribution is -2.52. The largest absolute Gasteiger partial charge is 0.460 e. The first kappa shape index (κ1) is 21.7. The maximum Gasteiger partial charge on any atom is 0.306 e. The van der Waals surface area contributed by atoms with Crippen molar-refractivity contribution in [2.75, 3.05) is 0 Å². The van der Waals surface area contributed by atoms with Gasteiger partial charge in [0, 0.05) is 6.42 Å². The van der Waals surface area contributed by atoms with Crippen LogP contribution in [0.1, 0.15) is 118 Å². The molecule has 2 heteroatoms. The number of fused-ring (bicyclic) bond motifs is 5. The number of hydrogen-bond donors (Lipinski definition) is 0. The smallest absolute Gasteiger partial charge is 0.306 e. The molecule has 0 heterocycles. The van der Waals surface area contributed by atoms with Crippen molar-refractivity contribution >= 4 is 5.97 Å². The molecule has 0 saturated heterocycles. The molecule has 4 rings (SSSR count). The maximum absolute atomic E-state index is 12.1. The van der Waals surface area contributed by atoms with E-state index in [-0.39, 0.29) is 11.6 Å². The molecule has 4 aliphatic carbocycles. The molecule has 0 aromatic carbocycles. The van der Waals surface area contributed by atoms with E-state index in [0.29, 0.717) is 17.3 Å². The Labute approximate surface area is 179 Å². The third-order valence-electron chi connectivity index (χ3n) is 10.1. The van der Waals surface area contributed by atoms with Crippen LogP contribution in [0.25, 0.3) is 0 Å². The molecule has 2 nitrogen and oxygen atoms in total. The molecule has 0 aliphatic heterocycles. The summed E-state index contributed by atoms with van der Waals surface area (Å²) >= 11 is 0. The summed E-state index contributed by atoms with van der Waals surface area (Å²) in [5.41, 5.74) is 0.832. The quantitative estimate of drug-likeness (QED) is 0.454. The van der Waals surface area contributed by atoms with Crippen molar-refractivity contribution < 1.29 is 9.53 Å². The molecule has 4 fully saturated rings. The summed E-state index contributed by atoms with van der Waals surface area (Å²) in [6.07, 6.45) is 17.6. The third kappa shape index (κ3) is 4.03. The zero-order valence-electron chi connectivity index (χ0n) is 19.9. The van der Waals surface area contributed by atoms with Crippen LogP contribution in [0, 0.1) is 40.4 Å². The van der Waals surface area contributed by atoms with Crippen molar-refractivity contribution in [1.82, 2.24) is 0 Å². The summed E-state index contributed by atoms with van der Waals surface area (Å²) in [6.45, 7) is 11.2. The summed E-state index contributed by atoms with van der Waals surface area (Å²) in [7, 11) is 0. The van der Waals surface area contributed by atoms with Crippen LogP contribution >= 0.6 is 0 Å². The van der Waals surface area contributed by atoms with Crippen LogP contribution in [-0.4, -0.2) is 11.6 Å². The van der Waals surface area contributed by atoms with Gasteiger partial charge in [0.25, 0.3) is 0 Å². The van der Waals surface area contributed by atoms with Crippen LogP contribution in [-0.2, 0) is 9.53 Å². The van der Waals surface area contributed by atoms with Gasteiger partial charge in [-0.3, -0.25) is 4.79 Å². The van der Waals surface area contributed by atoms with Crippen molar-refractivity contribution in [1.29, 1.82) is 0 Å². The highest BCUT2D eigenvalue weighted by molar-refractivity contribution is 5.69. The summed E-state index contributed by atoms with van der Waals surface area (Å²) < 4.78 is 5.53. The molecule has 0 bridgehead atoms. The number of esters is 1. The van der Waals surface area contributed by atoms with Gasteiger partial charge in [-0.2, -0.15) is 0 Å². The van der Waals surface area contributed by atoms with Gasteiger partial charge in [0.15, 0.2) is 0 Å². The fraction of sp³-hybridized carbons (Fsp3) is 0.963. The summed E-state index contributed by atoms with van der Waals surface area (Å²) in [5.74, 6) is 4.78. The lowest BCUT2D eigenvalue weighted by Gasteiger charge is -2.60. The van der Waals surface area contributed by atoms with Gasteiger partial charge >= 0.3 is 5.97 Å². The standard InChI is InChI=1S/C27H46O2/c1-25(2,3)29-24(28)11-8-10-20-13-15-22-21-14-12-19-9-6-7-17-26(19,4)23(21)16-18-27(20,22)5/h19-23H,6-18H2,1-5H3. The highest BCUT2D eigenvalue weighted by atomic mass is 16.6. The van der Waals surface area contributed by atoms with Gasteiger partial charge in [-0.1, -0.05) is 26.7 Å². The fourth-order valence-corrected chi connectivity index (χ4v) is 8.76. The number of carbonyl (C=O) groups is 1. The lowest BCUT2D eigenvalue weighted by atomic mass is 9.45.